The van der Waals surface area contributed by atoms with Crippen LogP contribution in [0, 0.1) is 5.92 Å². The van der Waals surface area contributed by atoms with Gasteiger partial charge in [0.2, 0.25) is 5.91 Å². The van der Waals surface area contributed by atoms with Crippen LogP contribution in [0.25, 0.3) is 0 Å². The molecule has 1 aliphatic heterocycles. The number of anilines is 2. The number of sulfonamides is 1. The molecule has 1 amide bonds. The van der Waals surface area contributed by atoms with Crippen LogP contribution in [-0.2, 0) is 21.2 Å². The third kappa shape index (κ3) is 3.55. The number of nitrogens with zero attached hydrogens (tertiary/aromatic N) is 1. The number of nitrogens with one attached hydrogen (secondary N) is 1. The van der Waals surface area contributed by atoms with Crippen molar-refractivity contribution < 1.29 is 17.9 Å². The minimum atomic E-state index is -3.81. The van der Waals surface area contributed by atoms with E-state index in [-0.39, 0.29) is 16.7 Å². The molecular formula is C19H19BrN2O4S. The maximum absolute atomic E-state index is 12.9. The van der Waals surface area contributed by atoms with Crippen LogP contribution in [0.5, 0.6) is 5.75 Å². The van der Waals surface area contributed by atoms with E-state index in [1.807, 2.05) is 0 Å². The molecule has 1 aliphatic carbocycles. The summed E-state index contributed by atoms with van der Waals surface area (Å²) in [7, 11) is -2.26. The maximum atomic E-state index is 12.9. The van der Waals surface area contributed by atoms with Crippen molar-refractivity contribution in [3.63, 3.8) is 0 Å². The average Bonchev–Trinajstić information content (AvgIpc) is 3.41. The van der Waals surface area contributed by atoms with Gasteiger partial charge < -0.3 is 9.64 Å². The number of fused-ring (bicyclic) bond motifs is 1. The normalized spacial score (nSPS) is 16.1. The first-order valence-corrected chi connectivity index (χ1v) is 11.0. The van der Waals surface area contributed by atoms with Gasteiger partial charge in [-0.1, -0.05) is 0 Å². The minimum absolute atomic E-state index is 0.0945. The van der Waals surface area contributed by atoms with Crippen molar-refractivity contribution >= 4 is 43.2 Å². The minimum Gasteiger partial charge on any atom is -0.497 e. The number of carbonyl (C=O) groups excluding carboxylic acids is 1. The van der Waals surface area contributed by atoms with Crippen molar-refractivity contribution in [3.05, 3.63) is 46.4 Å². The molecule has 27 heavy (non-hydrogen) atoms. The van der Waals surface area contributed by atoms with Crippen LogP contribution in [0.4, 0.5) is 11.4 Å². The zero-order valence-corrected chi connectivity index (χ0v) is 17.1. The monoisotopic (exact) mass is 450 g/mol. The van der Waals surface area contributed by atoms with Crippen molar-refractivity contribution in [2.45, 2.75) is 24.2 Å². The molecule has 8 heteroatoms. The van der Waals surface area contributed by atoms with E-state index in [0.717, 1.165) is 24.8 Å². The molecule has 6 nitrogen and oxygen atoms in total. The van der Waals surface area contributed by atoms with Crippen molar-refractivity contribution in [2.75, 3.05) is 23.3 Å². The van der Waals surface area contributed by atoms with E-state index < -0.39 is 10.0 Å². The van der Waals surface area contributed by atoms with Gasteiger partial charge >= 0.3 is 0 Å². The third-order valence-electron chi connectivity index (χ3n) is 4.85. The third-order valence-corrected chi connectivity index (χ3v) is 7.19. The Hall–Kier alpha value is -2.06. The van der Waals surface area contributed by atoms with Crippen LogP contribution in [0.3, 0.4) is 0 Å². The van der Waals surface area contributed by atoms with Crippen LogP contribution in [0.15, 0.2) is 45.8 Å². The van der Waals surface area contributed by atoms with Gasteiger partial charge in [0, 0.05) is 28.3 Å². The predicted molar refractivity (Wildman–Crippen MR) is 107 cm³/mol. The number of hydrogen-bond acceptors (Lipinski definition) is 4. The van der Waals surface area contributed by atoms with E-state index in [9.17, 15) is 13.2 Å². The second kappa shape index (κ2) is 6.83. The summed E-state index contributed by atoms with van der Waals surface area (Å²) >= 11 is 3.38. The van der Waals surface area contributed by atoms with Gasteiger partial charge in [0.15, 0.2) is 0 Å². The van der Waals surface area contributed by atoms with Crippen LogP contribution in [0.2, 0.25) is 0 Å². The summed E-state index contributed by atoms with van der Waals surface area (Å²) in [5, 5.41) is 0. The molecular weight excluding hydrogens is 432 g/mol. The highest BCUT2D eigenvalue weighted by Crippen LogP contribution is 2.39. The van der Waals surface area contributed by atoms with E-state index in [4.69, 9.17) is 4.74 Å². The number of amides is 1. The topological polar surface area (TPSA) is 75.7 Å². The molecule has 0 unspecified atom stereocenters. The lowest BCUT2D eigenvalue weighted by Gasteiger charge is -2.19. The lowest BCUT2D eigenvalue weighted by atomic mass is 10.2. The first-order valence-electron chi connectivity index (χ1n) is 8.70. The number of hydrogen-bond donors (Lipinski definition) is 1. The number of benzene rings is 2. The SMILES string of the molecule is COc1ccc(NS(=O)(=O)c2cc3c(cc2Br)CCN3C(=O)C2CC2)cc1. The van der Waals surface area contributed by atoms with E-state index in [1.54, 1.807) is 48.4 Å². The molecule has 0 radical (unpaired) electrons. The predicted octanol–water partition coefficient (Wildman–Crippen LogP) is 3.56. The van der Waals surface area contributed by atoms with Gasteiger partial charge in [-0.3, -0.25) is 9.52 Å². The summed E-state index contributed by atoms with van der Waals surface area (Å²) in [6.07, 6.45) is 2.58. The smallest absolute Gasteiger partial charge is 0.263 e. The molecule has 2 aromatic rings. The second-order valence-electron chi connectivity index (χ2n) is 6.76. The average molecular weight is 451 g/mol. The van der Waals surface area contributed by atoms with Crippen molar-refractivity contribution in [2.24, 2.45) is 5.92 Å². The molecule has 2 aromatic carbocycles. The molecule has 1 N–H and O–H groups in total. The van der Waals surface area contributed by atoms with E-state index >= 15 is 0 Å². The van der Waals surface area contributed by atoms with E-state index in [0.29, 0.717) is 28.1 Å². The molecule has 0 spiro atoms. The summed E-state index contributed by atoms with van der Waals surface area (Å²) in [6.45, 7) is 0.604. The molecule has 142 valence electrons. The highest BCUT2D eigenvalue weighted by molar-refractivity contribution is 9.10. The standard InChI is InChI=1S/C19H19BrN2O4S/c1-26-15-6-4-14(5-7-15)21-27(24,25)18-11-17-13(10-16(18)20)8-9-22(17)19(23)12-2-3-12/h4-7,10-12,21H,2-3,8-9H2,1H3. The Bertz CT molecular complexity index is 1000. The van der Waals surface area contributed by atoms with Crippen molar-refractivity contribution in [1.82, 2.24) is 0 Å². The molecule has 0 atom stereocenters. The van der Waals surface area contributed by atoms with Gasteiger partial charge in [0.25, 0.3) is 10.0 Å². The second-order valence-corrected chi connectivity index (χ2v) is 9.26. The molecule has 4 rings (SSSR count). The van der Waals surface area contributed by atoms with Gasteiger partial charge in [-0.2, -0.15) is 0 Å². The van der Waals surface area contributed by atoms with Gasteiger partial charge in [-0.25, -0.2) is 8.42 Å². The fourth-order valence-electron chi connectivity index (χ4n) is 3.24. The first-order chi connectivity index (χ1) is 12.9. The summed E-state index contributed by atoms with van der Waals surface area (Å²) < 4.78 is 34.0. The number of carbonyl (C=O) groups is 1. The zero-order valence-electron chi connectivity index (χ0n) is 14.7. The van der Waals surface area contributed by atoms with Gasteiger partial charge in [-0.05, 0) is 77.2 Å². The number of halogens is 1. The lowest BCUT2D eigenvalue weighted by molar-refractivity contribution is -0.119. The first kappa shape index (κ1) is 18.3. The van der Waals surface area contributed by atoms with Crippen LogP contribution in [0.1, 0.15) is 18.4 Å². The Morgan fingerprint density at radius 3 is 2.56 bits per heavy atom. The molecule has 1 fully saturated rings. The maximum Gasteiger partial charge on any atom is 0.263 e. The van der Waals surface area contributed by atoms with Crippen LogP contribution >= 0.6 is 15.9 Å². The van der Waals surface area contributed by atoms with Gasteiger partial charge in [-0.15, -0.1) is 0 Å². The summed E-state index contributed by atoms with van der Waals surface area (Å²) in [5.41, 5.74) is 2.12. The Morgan fingerprint density at radius 1 is 1.22 bits per heavy atom. The summed E-state index contributed by atoms with van der Waals surface area (Å²) in [4.78, 5) is 14.4. The van der Waals surface area contributed by atoms with E-state index in [1.165, 1.54) is 0 Å². The number of ether oxygens (including phenoxy) is 1. The number of rotatable bonds is 5. The molecule has 0 aromatic heterocycles. The van der Waals surface area contributed by atoms with Gasteiger partial charge in [0.05, 0.1) is 7.11 Å². The highest BCUT2D eigenvalue weighted by atomic mass is 79.9. The number of methoxy groups -OCH3 is 1. The largest absolute Gasteiger partial charge is 0.497 e. The molecule has 0 saturated heterocycles. The Labute approximate surface area is 166 Å². The fourth-order valence-corrected chi connectivity index (χ4v) is 5.41. The Kier molecular flexibility index (Phi) is 4.63. The molecule has 0 bridgehead atoms. The Balaban J connectivity index is 1.66. The van der Waals surface area contributed by atoms with Crippen LogP contribution < -0.4 is 14.4 Å². The summed E-state index contributed by atoms with van der Waals surface area (Å²) in [5.74, 6) is 0.838. The molecule has 1 heterocycles. The zero-order chi connectivity index (χ0) is 19.2. The lowest BCUT2D eigenvalue weighted by Crippen LogP contribution is -2.30. The van der Waals surface area contributed by atoms with Crippen molar-refractivity contribution in [1.29, 1.82) is 0 Å². The molecule has 2 aliphatic rings. The quantitative estimate of drug-likeness (QED) is 0.755. The fraction of sp³-hybridized carbons (Fsp3) is 0.316. The molecule has 1 saturated carbocycles. The van der Waals surface area contributed by atoms with Crippen molar-refractivity contribution in [3.8, 4) is 5.75 Å². The van der Waals surface area contributed by atoms with E-state index in [2.05, 4.69) is 20.7 Å². The highest BCUT2D eigenvalue weighted by Gasteiger charge is 2.37. The van der Waals surface area contributed by atoms with Gasteiger partial charge in [0.1, 0.15) is 10.6 Å². The summed E-state index contributed by atoms with van der Waals surface area (Å²) in [6, 6.07) is 10.1. The van der Waals surface area contributed by atoms with Crippen LogP contribution in [-0.4, -0.2) is 28.0 Å². The Morgan fingerprint density at radius 2 is 1.93 bits per heavy atom.